The van der Waals surface area contributed by atoms with Crippen LogP contribution in [0, 0.1) is 0 Å². The second-order valence-corrected chi connectivity index (χ2v) is 6.21. The number of rotatable bonds is 3. The first-order valence-corrected chi connectivity index (χ1v) is 7.99. The third-order valence-electron chi connectivity index (χ3n) is 3.45. The quantitative estimate of drug-likeness (QED) is 0.656. The molecule has 108 valence electrons. The molecule has 0 atom stereocenters. The number of fused-ring (bicyclic) bond motifs is 1. The monoisotopic (exact) mass is 363 g/mol. The maximum Gasteiger partial charge on any atom is 0.143 e. The number of aromatic nitrogens is 2. The van der Waals surface area contributed by atoms with Crippen molar-refractivity contribution in [2.45, 2.75) is 19.9 Å². The fourth-order valence-corrected chi connectivity index (χ4v) is 3.02. The molecule has 1 aromatic heterocycles. The zero-order valence-corrected chi connectivity index (χ0v) is 13.9. The van der Waals surface area contributed by atoms with Crippen LogP contribution in [-0.4, -0.2) is 9.55 Å². The van der Waals surface area contributed by atoms with Crippen LogP contribution in [0.25, 0.3) is 22.4 Å². The van der Waals surface area contributed by atoms with Gasteiger partial charge in [-0.25, -0.2) is 4.98 Å². The summed E-state index contributed by atoms with van der Waals surface area (Å²) in [6.07, 6.45) is 1.01. The van der Waals surface area contributed by atoms with Gasteiger partial charge in [0.05, 0.1) is 16.7 Å². The number of halogens is 2. The minimum Gasteiger partial charge on any atom is -0.397 e. The largest absolute Gasteiger partial charge is 0.397 e. The molecule has 0 aliphatic carbocycles. The second kappa shape index (κ2) is 5.70. The fourth-order valence-electron chi connectivity index (χ4n) is 2.48. The third kappa shape index (κ3) is 2.54. The minimum absolute atomic E-state index is 0.705. The number of hydrogen-bond acceptors (Lipinski definition) is 2. The van der Waals surface area contributed by atoms with E-state index in [0.29, 0.717) is 10.7 Å². The minimum atomic E-state index is 0.705. The summed E-state index contributed by atoms with van der Waals surface area (Å²) >= 11 is 9.61. The van der Waals surface area contributed by atoms with Crippen LogP contribution < -0.4 is 5.73 Å². The Balaban J connectivity index is 2.31. The van der Waals surface area contributed by atoms with Gasteiger partial charge < -0.3 is 10.3 Å². The van der Waals surface area contributed by atoms with Crippen molar-refractivity contribution in [1.82, 2.24) is 9.55 Å². The number of aryl methyl sites for hydroxylation is 1. The number of benzene rings is 2. The maximum atomic E-state index is 6.21. The van der Waals surface area contributed by atoms with Gasteiger partial charge in [0.1, 0.15) is 5.82 Å². The Hall–Kier alpha value is -1.52. The number of nitrogens with zero attached hydrogens (tertiary/aromatic N) is 2. The van der Waals surface area contributed by atoms with E-state index in [2.05, 4.69) is 27.4 Å². The molecule has 3 nitrogen and oxygen atoms in total. The SMILES string of the molecule is CCCn1c(-c2cccc(Br)c2N)nc2ccc(Cl)cc21. The normalized spacial score (nSPS) is 11.2. The van der Waals surface area contributed by atoms with Crippen molar-refractivity contribution in [1.29, 1.82) is 0 Å². The average Bonchev–Trinajstić information content (AvgIpc) is 2.81. The lowest BCUT2D eigenvalue weighted by Gasteiger charge is -2.10. The zero-order valence-electron chi connectivity index (χ0n) is 11.6. The summed E-state index contributed by atoms with van der Waals surface area (Å²) in [5, 5.41) is 0.716. The van der Waals surface area contributed by atoms with Crippen LogP contribution in [0.1, 0.15) is 13.3 Å². The molecule has 5 heteroatoms. The molecule has 3 aromatic rings. The highest BCUT2D eigenvalue weighted by Gasteiger charge is 2.15. The molecule has 0 saturated carbocycles. The van der Waals surface area contributed by atoms with Crippen LogP contribution in [0.2, 0.25) is 5.02 Å². The second-order valence-electron chi connectivity index (χ2n) is 4.92. The van der Waals surface area contributed by atoms with Crippen molar-refractivity contribution < 1.29 is 0 Å². The molecule has 0 aliphatic heterocycles. The highest BCUT2D eigenvalue weighted by atomic mass is 79.9. The molecule has 1 heterocycles. The number of imidazole rings is 1. The summed E-state index contributed by atoms with van der Waals surface area (Å²) in [5.41, 5.74) is 9.82. The number of nitrogen functional groups attached to an aromatic ring is 1. The van der Waals surface area contributed by atoms with Gasteiger partial charge in [-0.1, -0.05) is 24.6 Å². The highest BCUT2D eigenvalue weighted by molar-refractivity contribution is 9.10. The summed E-state index contributed by atoms with van der Waals surface area (Å²) in [7, 11) is 0. The first-order valence-electron chi connectivity index (χ1n) is 6.82. The maximum absolute atomic E-state index is 6.21. The van der Waals surface area contributed by atoms with Crippen molar-refractivity contribution >= 4 is 44.3 Å². The van der Waals surface area contributed by atoms with Crippen LogP contribution in [0.3, 0.4) is 0 Å². The van der Waals surface area contributed by atoms with Crippen LogP contribution in [-0.2, 0) is 6.54 Å². The van der Waals surface area contributed by atoms with Gasteiger partial charge in [-0.3, -0.25) is 0 Å². The smallest absolute Gasteiger partial charge is 0.143 e. The van der Waals surface area contributed by atoms with Crippen LogP contribution >= 0.6 is 27.5 Å². The van der Waals surface area contributed by atoms with Gasteiger partial charge in [0, 0.05) is 21.6 Å². The van der Waals surface area contributed by atoms with Crippen LogP contribution in [0.4, 0.5) is 5.69 Å². The number of hydrogen-bond donors (Lipinski definition) is 1. The predicted molar refractivity (Wildman–Crippen MR) is 92.6 cm³/mol. The lowest BCUT2D eigenvalue weighted by molar-refractivity contribution is 0.704. The van der Waals surface area contributed by atoms with Crippen molar-refractivity contribution in [3.8, 4) is 11.4 Å². The van der Waals surface area contributed by atoms with Crippen molar-refractivity contribution in [2.75, 3.05) is 5.73 Å². The Morgan fingerprint density at radius 1 is 1.29 bits per heavy atom. The van der Waals surface area contributed by atoms with Gasteiger partial charge in [0.25, 0.3) is 0 Å². The van der Waals surface area contributed by atoms with Crippen LogP contribution in [0.15, 0.2) is 40.9 Å². The molecule has 0 amide bonds. The molecule has 21 heavy (non-hydrogen) atoms. The molecule has 0 fully saturated rings. The van der Waals surface area contributed by atoms with E-state index < -0.39 is 0 Å². The Kier molecular flexibility index (Phi) is 3.91. The molecule has 2 aromatic carbocycles. The van der Waals surface area contributed by atoms with E-state index in [9.17, 15) is 0 Å². The van der Waals surface area contributed by atoms with E-state index in [-0.39, 0.29) is 0 Å². The molecule has 0 spiro atoms. The molecule has 0 unspecified atom stereocenters. The summed E-state index contributed by atoms with van der Waals surface area (Å²) in [4.78, 5) is 4.75. The molecule has 3 rings (SSSR count). The highest BCUT2D eigenvalue weighted by Crippen LogP contribution is 2.34. The van der Waals surface area contributed by atoms with Gasteiger partial charge in [-0.2, -0.15) is 0 Å². The lowest BCUT2D eigenvalue weighted by atomic mass is 10.1. The first-order chi connectivity index (χ1) is 10.1. The van der Waals surface area contributed by atoms with Gasteiger partial charge >= 0.3 is 0 Å². The van der Waals surface area contributed by atoms with E-state index in [1.807, 2.05) is 36.4 Å². The third-order valence-corrected chi connectivity index (χ3v) is 4.38. The van der Waals surface area contributed by atoms with E-state index >= 15 is 0 Å². The van der Waals surface area contributed by atoms with E-state index in [1.54, 1.807) is 0 Å². The molecule has 0 bridgehead atoms. The van der Waals surface area contributed by atoms with E-state index in [0.717, 1.165) is 39.9 Å². The summed E-state index contributed by atoms with van der Waals surface area (Å²) in [6, 6.07) is 11.7. The standard InChI is InChI=1S/C16H15BrClN3/c1-2-8-21-14-9-10(18)6-7-13(14)20-16(21)11-4-3-5-12(17)15(11)19/h3-7,9H,2,8,19H2,1H3. The van der Waals surface area contributed by atoms with Gasteiger partial charge in [0.2, 0.25) is 0 Å². The number of para-hydroxylation sites is 1. The van der Waals surface area contributed by atoms with Gasteiger partial charge in [-0.15, -0.1) is 0 Å². The summed E-state index contributed by atoms with van der Waals surface area (Å²) in [6.45, 7) is 3.02. The van der Waals surface area contributed by atoms with Gasteiger partial charge in [-0.05, 0) is 52.7 Å². The zero-order chi connectivity index (χ0) is 15.0. The molecule has 0 aliphatic rings. The Labute approximate surface area is 136 Å². The number of nitrogens with two attached hydrogens (primary N) is 1. The topological polar surface area (TPSA) is 43.8 Å². The molecular formula is C16H15BrClN3. The Bertz CT molecular complexity index is 811. The molecule has 2 N–H and O–H groups in total. The Morgan fingerprint density at radius 2 is 2.10 bits per heavy atom. The van der Waals surface area contributed by atoms with E-state index in [4.69, 9.17) is 22.3 Å². The number of anilines is 1. The van der Waals surface area contributed by atoms with Crippen molar-refractivity contribution in [2.24, 2.45) is 0 Å². The first kappa shape index (κ1) is 14.4. The lowest BCUT2D eigenvalue weighted by Crippen LogP contribution is -2.02. The summed E-state index contributed by atoms with van der Waals surface area (Å²) < 4.78 is 3.06. The summed E-state index contributed by atoms with van der Waals surface area (Å²) in [5.74, 6) is 0.882. The van der Waals surface area contributed by atoms with Gasteiger partial charge in [0.15, 0.2) is 0 Å². The van der Waals surface area contributed by atoms with E-state index in [1.165, 1.54) is 0 Å². The molecule has 0 saturated heterocycles. The predicted octanol–water partition coefficient (Wildman–Crippen LogP) is 5.11. The molecular weight excluding hydrogens is 350 g/mol. The molecule has 0 radical (unpaired) electrons. The Morgan fingerprint density at radius 3 is 2.86 bits per heavy atom. The van der Waals surface area contributed by atoms with Crippen LogP contribution in [0.5, 0.6) is 0 Å². The van der Waals surface area contributed by atoms with Crippen molar-refractivity contribution in [3.05, 3.63) is 45.9 Å². The van der Waals surface area contributed by atoms with Crippen molar-refractivity contribution in [3.63, 3.8) is 0 Å². The fraction of sp³-hybridized carbons (Fsp3) is 0.188. The average molecular weight is 365 g/mol.